The molecule has 6 heteroatoms. The van der Waals surface area contributed by atoms with Crippen molar-refractivity contribution in [3.8, 4) is 0 Å². The lowest BCUT2D eigenvalue weighted by atomic mass is 10.2. The third kappa shape index (κ3) is 3.24. The molecule has 17 heavy (non-hydrogen) atoms. The van der Waals surface area contributed by atoms with Crippen LogP contribution in [0, 0.1) is 17.0 Å². The summed E-state index contributed by atoms with van der Waals surface area (Å²) in [6, 6.07) is 3.01. The van der Waals surface area contributed by atoms with Gasteiger partial charge in [0.2, 0.25) is 5.52 Å². The molecule has 2 rings (SSSR count). The summed E-state index contributed by atoms with van der Waals surface area (Å²) in [6.45, 7) is 9.79. The third-order valence-electron chi connectivity index (χ3n) is 1.79. The summed E-state index contributed by atoms with van der Waals surface area (Å²) in [5.41, 5.74) is 1.36. The second-order valence-corrected chi connectivity index (χ2v) is 2.62. The predicted molar refractivity (Wildman–Crippen MR) is 65.9 cm³/mol. The highest BCUT2D eigenvalue weighted by atomic mass is 16.6. The zero-order chi connectivity index (χ0) is 13.4. The van der Waals surface area contributed by atoms with Crippen LogP contribution in [0.1, 0.15) is 33.3 Å². The van der Waals surface area contributed by atoms with E-state index in [9.17, 15) is 10.1 Å². The third-order valence-corrected chi connectivity index (χ3v) is 1.79. The van der Waals surface area contributed by atoms with Crippen molar-refractivity contribution >= 4 is 16.7 Å². The molecule has 0 aliphatic heterocycles. The number of rotatable bonds is 1. The van der Waals surface area contributed by atoms with Crippen molar-refractivity contribution in [2.75, 3.05) is 0 Å². The first-order valence-corrected chi connectivity index (χ1v) is 5.56. The minimum atomic E-state index is -0.508. The number of benzene rings is 1. The second kappa shape index (κ2) is 7.32. The molecule has 0 N–H and O–H groups in total. The van der Waals surface area contributed by atoms with E-state index in [1.54, 1.807) is 13.0 Å². The molecule has 1 aromatic carbocycles. The van der Waals surface area contributed by atoms with Gasteiger partial charge in [-0.05, 0) is 22.8 Å². The zero-order valence-electron chi connectivity index (χ0n) is 10.7. The number of hydrogen-bond donors (Lipinski definition) is 0. The fraction of sp³-hybridized carbons (Fsp3) is 0.455. The quantitative estimate of drug-likeness (QED) is 0.562. The van der Waals surface area contributed by atoms with Gasteiger partial charge >= 0.3 is 5.69 Å². The van der Waals surface area contributed by atoms with Gasteiger partial charge in [0, 0.05) is 6.07 Å². The van der Waals surface area contributed by atoms with E-state index in [1.165, 1.54) is 6.07 Å². The Morgan fingerprint density at radius 3 is 2.18 bits per heavy atom. The van der Waals surface area contributed by atoms with Crippen LogP contribution in [0.4, 0.5) is 5.69 Å². The van der Waals surface area contributed by atoms with Gasteiger partial charge in [-0.3, -0.25) is 10.1 Å². The predicted octanol–water partition coefficient (Wildman–Crippen LogP) is 3.49. The van der Waals surface area contributed by atoms with Crippen molar-refractivity contribution in [2.24, 2.45) is 0 Å². The van der Waals surface area contributed by atoms with Crippen LogP contribution in [0.15, 0.2) is 16.8 Å². The summed E-state index contributed by atoms with van der Waals surface area (Å²) < 4.78 is 4.43. The van der Waals surface area contributed by atoms with Crippen molar-refractivity contribution < 1.29 is 9.55 Å². The molecule has 0 fully saturated rings. The highest BCUT2D eigenvalue weighted by Crippen LogP contribution is 2.24. The number of fused-ring (bicyclic) bond motifs is 1. The molecule has 0 aliphatic carbocycles. The SMILES string of the molecule is CC.CC.Cc1ccc([N+](=O)[O-])c2nonc12. The maximum Gasteiger partial charge on any atom is 0.300 e. The Morgan fingerprint density at radius 2 is 1.65 bits per heavy atom. The van der Waals surface area contributed by atoms with Gasteiger partial charge in [0.15, 0.2) is 0 Å². The van der Waals surface area contributed by atoms with E-state index < -0.39 is 4.92 Å². The van der Waals surface area contributed by atoms with Gasteiger partial charge in [0.25, 0.3) is 0 Å². The van der Waals surface area contributed by atoms with Gasteiger partial charge in [0.1, 0.15) is 5.52 Å². The molecular formula is C11H17N3O3. The van der Waals surface area contributed by atoms with E-state index in [-0.39, 0.29) is 11.2 Å². The van der Waals surface area contributed by atoms with Crippen molar-refractivity contribution in [1.29, 1.82) is 0 Å². The van der Waals surface area contributed by atoms with E-state index in [4.69, 9.17) is 0 Å². The summed E-state index contributed by atoms with van der Waals surface area (Å²) in [6.07, 6.45) is 0. The van der Waals surface area contributed by atoms with E-state index in [0.29, 0.717) is 5.52 Å². The van der Waals surface area contributed by atoms with Gasteiger partial charge in [-0.15, -0.1) is 0 Å². The Bertz CT molecular complexity index is 480. The molecule has 2 aromatic rings. The molecule has 0 bridgehead atoms. The van der Waals surface area contributed by atoms with Crippen molar-refractivity contribution in [3.05, 3.63) is 27.8 Å². The molecule has 1 heterocycles. The highest BCUT2D eigenvalue weighted by molar-refractivity contribution is 5.85. The van der Waals surface area contributed by atoms with Crippen LogP contribution in [-0.4, -0.2) is 15.2 Å². The number of aromatic nitrogens is 2. The summed E-state index contributed by atoms with van der Waals surface area (Å²) in [5.74, 6) is 0. The lowest BCUT2D eigenvalue weighted by Gasteiger charge is -1.92. The normalized spacial score (nSPS) is 8.76. The second-order valence-electron chi connectivity index (χ2n) is 2.62. The Hall–Kier alpha value is -1.98. The first kappa shape index (κ1) is 15.0. The molecule has 0 spiro atoms. The van der Waals surface area contributed by atoms with E-state index in [2.05, 4.69) is 14.9 Å². The monoisotopic (exact) mass is 239 g/mol. The Balaban J connectivity index is 0.000000581. The fourth-order valence-corrected chi connectivity index (χ4v) is 1.12. The van der Waals surface area contributed by atoms with Crippen LogP contribution in [-0.2, 0) is 0 Å². The average molecular weight is 239 g/mol. The number of nitro groups is 1. The first-order valence-electron chi connectivity index (χ1n) is 5.56. The fourth-order valence-electron chi connectivity index (χ4n) is 1.12. The highest BCUT2D eigenvalue weighted by Gasteiger charge is 2.17. The maximum absolute atomic E-state index is 10.5. The van der Waals surface area contributed by atoms with Gasteiger partial charge in [-0.2, -0.15) is 0 Å². The van der Waals surface area contributed by atoms with Crippen LogP contribution in [0.3, 0.4) is 0 Å². The summed E-state index contributed by atoms with van der Waals surface area (Å²) in [7, 11) is 0. The van der Waals surface area contributed by atoms with E-state index in [1.807, 2.05) is 27.7 Å². The largest absolute Gasteiger partial charge is 0.300 e. The van der Waals surface area contributed by atoms with Crippen LogP contribution < -0.4 is 0 Å². The standard InChI is InChI=1S/C7H5N3O3.2C2H6/c1-4-2-3-5(10(11)12)7-6(4)8-13-9-7;2*1-2/h2-3H,1H3;2*1-2H3. The minimum Gasteiger partial charge on any atom is -0.258 e. The molecule has 0 saturated heterocycles. The molecule has 6 nitrogen and oxygen atoms in total. The van der Waals surface area contributed by atoms with Gasteiger partial charge in [-0.1, -0.05) is 33.8 Å². The molecular weight excluding hydrogens is 222 g/mol. The number of hydrogen-bond acceptors (Lipinski definition) is 5. The topological polar surface area (TPSA) is 82.1 Å². The molecule has 94 valence electrons. The first-order chi connectivity index (χ1) is 8.20. The lowest BCUT2D eigenvalue weighted by Crippen LogP contribution is -1.90. The van der Waals surface area contributed by atoms with E-state index >= 15 is 0 Å². The summed E-state index contributed by atoms with van der Waals surface area (Å²) in [4.78, 5) is 10.0. The van der Waals surface area contributed by atoms with Crippen LogP contribution in [0.2, 0.25) is 0 Å². The molecule has 0 atom stereocenters. The molecule has 0 saturated carbocycles. The average Bonchev–Trinajstić information content (AvgIpc) is 2.84. The van der Waals surface area contributed by atoms with Crippen LogP contribution >= 0.6 is 0 Å². The van der Waals surface area contributed by atoms with Gasteiger partial charge in [0.05, 0.1) is 4.92 Å². The molecule has 0 radical (unpaired) electrons. The lowest BCUT2D eigenvalue weighted by molar-refractivity contribution is -0.383. The number of aryl methyl sites for hydroxylation is 1. The van der Waals surface area contributed by atoms with Crippen molar-refractivity contribution in [3.63, 3.8) is 0 Å². The smallest absolute Gasteiger partial charge is 0.258 e. The molecule has 1 aromatic heterocycles. The Morgan fingerprint density at radius 1 is 1.12 bits per heavy atom. The van der Waals surface area contributed by atoms with Crippen molar-refractivity contribution in [1.82, 2.24) is 10.3 Å². The molecule has 0 amide bonds. The summed E-state index contributed by atoms with van der Waals surface area (Å²) >= 11 is 0. The Labute approximate surface area is 99.7 Å². The zero-order valence-corrected chi connectivity index (χ0v) is 10.7. The van der Waals surface area contributed by atoms with E-state index in [0.717, 1.165) is 5.56 Å². The summed E-state index contributed by atoms with van der Waals surface area (Å²) in [5, 5.41) is 17.6. The van der Waals surface area contributed by atoms with Gasteiger partial charge < -0.3 is 0 Å². The van der Waals surface area contributed by atoms with Crippen LogP contribution in [0.5, 0.6) is 0 Å². The number of non-ortho nitro benzene ring substituents is 1. The van der Waals surface area contributed by atoms with Crippen molar-refractivity contribution in [2.45, 2.75) is 34.6 Å². The molecule has 0 aliphatic rings. The minimum absolute atomic E-state index is 0.0816. The Kier molecular flexibility index (Phi) is 6.47. The van der Waals surface area contributed by atoms with Crippen LogP contribution in [0.25, 0.3) is 11.0 Å². The number of nitrogens with zero attached hydrogens (tertiary/aromatic N) is 3. The number of nitro benzene ring substituents is 1. The van der Waals surface area contributed by atoms with Gasteiger partial charge in [-0.25, -0.2) is 4.63 Å². The maximum atomic E-state index is 10.5. The molecule has 0 unspecified atom stereocenters.